The van der Waals surface area contributed by atoms with Gasteiger partial charge in [0, 0.05) is 22.4 Å². The number of rotatable bonds is 6. The molecule has 312 valence electrons. The van der Waals surface area contributed by atoms with Gasteiger partial charge in [-0.15, -0.1) is 0 Å². The van der Waals surface area contributed by atoms with Gasteiger partial charge in [0.15, 0.2) is 0 Å². The van der Waals surface area contributed by atoms with E-state index in [9.17, 15) is 0 Å². The lowest BCUT2D eigenvalue weighted by molar-refractivity contribution is 0.790. The molecule has 14 rings (SSSR count). The number of fused-ring (bicyclic) bond motifs is 14. The molecule has 0 N–H and O–H groups in total. The molecule has 1 heterocycles. The van der Waals surface area contributed by atoms with E-state index in [1.165, 1.54) is 116 Å². The second-order valence-electron chi connectivity index (χ2n) is 18.3. The zero-order valence-corrected chi connectivity index (χ0v) is 36.8. The minimum Gasteiger partial charge on any atom is -0.309 e. The van der Waals surface area contributed by atoms with Gasteiger partial charge in [-0.3, -0.25) is 0 Å². The van der Waals surface area contributed by atoms with Crippen LogP contribution >= 0.6 is 0 Å². The van der Waals surface area contributed by atoms with E-state index in [1.54, 1.807) is 0 Å². The fourth-order valence-corrected chi connectivity index (χ4v) is 12.3. The molecule has 1 aromatic heterocycles. The zero-order valence-electron chi connectivity index (χ0n) is 36.8. The van der Waals surface area contributed by atoms with Crippen molar-refractivity contribution in [2.24, 2.45) is 0 Å². The molecule has 67 heavy (non-hydrogen) atoms. The number of hydrogen-bond acceptors (Lipinski definition) is 0. The molecule has 0 amide bonds. The third kappa shape index (κ3) is 5.43. The Kier molecular flexibility index (Phi) is 8.33. The predicted octanol–water partition coefficient (Wildman–Crippen LogP) is 16.8. The van der Waals surface area contributed by atoms with Crippen LogP contribution in [0, 0.1) is 0 Å². The summed E-state index contributed by atoms with van der Waals surface area (Å²) in [4.78, 5) is 0. The standard InChI is InChI=1S/C66H43N/c1-3-19-45(20-4-1)64-49-23-8-7-18-43(49)38-40-50(64)44-34-36-46(37-35-44)63(56-28-17-33-62-65(56)55-27-12-16-32-61(55)67(62)48-21-5-2-6-22-48)47-39-41-54-53-26-11-15-31-59(53)66(60(54)42-47)57-29-13-9-24-51(57)52-25-10-14-30-58(52)66/h1-42,63H. The summed E-state index contributed by atoms with van der Waals surface area (Å²) in [6.07, 6.45) is 0. The maximum atomic E-state index is 2.58. The molecule has 1 nitrogen and oxygen atoms in total. The Hall–Kier alpha value is -8.52. The predicted molar refractivity (Wildman–Crippen MR) is 279 cm³/mol. The Morgan fingerprint density at radius 1 is 0.328 bits per heavy atom. The van der Waals surface area contributed by atoms with Crippen molar-refractivity contribution in [1.82, 2.24) is 4.57 Å². The average molecular weight is 850 g/mol. The third-order valence-electron chi connectivity index (χ3n) is 15.0. The van der Waals surface area contributed by atoms with E-state index in [1.807, 2.05) is 0 Å². The van der Waals surface area contributed by atoms with Crippen molar-refractivity contribution in [2.45, 2.75) is 11.3 Å². The van der Waals surface area contributed by atoms with Gasteiger partial charge in [0.05, 0.1) is 16.4 Å². The van der Waals surface area contributed by atoms with E-state index in [4.69, 9.17) is 0 Å². The second kappa shape index (κ2) is 14.8. The van der Waals surface area contributed by atoms with Gasteiger partial charge >= 0.3 is 0 Å². The van der Waals surface area contributed by atoms with Gasteiger partial charge in [0.2, 0.25) is 0 Å². The summed E-state index contributed by atoms with van der Waals surface area (Å²) in [6.45, 7) is 0. The van der Waals surface area contributed by atoms with Crippen molar-refractivity contribution in [2.75, 3.05) is 0 Å². The molecule has 12 aromatic rings. The van der Waals surface area contributed by atoms with Crippen LogP contribution in [0.5, 0.6) is 0 Å². The van der Waals surface area contributed by atoms with Gasteiger partial charge in [0.1, 0.15) is 0 Å². The minimum absolute atomic E-state index is 0.0871. The van der Waals surface area contributed by atoms with Crippen LogP contribution in [0.15, 0.2) is 255 Å². The van der Waals surface area contributed by atoms with Crippen molar-refractivity contribution in [1.29, 1.82) is 0 Å². The van der Waals surface area contributed by atoms with Gasteiger partial charge in [0.25, 0.3) is 0 Å². The Balaban J connectivity index is 1.03. The molecule has 1 spiro atoms. The van der Waals surface area contributed by atoms with E-state index in [0.29, 0.717) is 0 Å². The topological polar surface area (TPSA) is 4.93 Å². The molecule has 2 aliphatic carbocycles. The van der Waals surface area contributed by atoms with E-state index in [-0.39, 0.29) is 5.92 Å². The molecule has 2 aliphatic rings. The molecule has 0 bridgehead atoms. The molecule has 0 aliphatic heterocycles. The quantitative estimate of drug-likeness (QED) is 0.147. The number of benzene rings is 11. The van der Waals surface area contributed by atoms with Gasteiger partial charge < -0.3 is 4.57 Å². The molecule has 0 saturated heterocycles. The molecule has 0 saturated carbocycles. The fourth-order valence-electron chi connectivity index (χ4n) is 12.3. The van der Waals surface area contributed by atoms with E-state index in [2.05, 4.69) is 259 Å². The van der Waals surface area contributed by atoms with Crippen LogP contribution in [0.4, 0.5) is 0 Å². The first-order chi connectivity index (χ1) is 33.3. The molecule has 11 aromatic carbocycles. The maximum absolute atomic E-state index is 2.58. The molecular weight excluding hydrogens is 807 g/mol. The van der Waals surface area contributed by atoms with Crippen LogP contribution in [0.2, 0.25) is 0 Å². The number of nitrogens with zero attached hydrogens (tertiary/aromatic N) is 1. The van der Waals surface area contributed by atoms with Crippen LogP contribution in [0.3, 0.4) is 0 Å². The van der Waals surface area contributed by atoms with Crippen LogP contribution < -0.4 is 0 Å². The number of aromatic nitrogens is 1. The minimum atomic E-state index is -0.442. The van der Waals surface area contributed by atoms with E-state index >= 15 is 0 Å². The molecular formula is C66H43N. The maximum Gasteiger partial charge on any atom is 0.0725 e. The average Bonchev–Trinajstić information content (AvgIpc) is 4.01. The lowest BCUT2D eigenvalue weighted by Crippen LogP contribution is -2.26. The van der Waals surface area contributed by atoms with Gasteiger partial charge in [-0.25, -0.2) is 0 Å². The molecule has 0 fully saturated rings. The molecule has 1 heteroatoms. The Morgan fingerprint density at radius 2 is 0.866 bits per heavy atom. The number of hydrogen-bond donors (Lipinski definition) is 0. The van der Waals surface area contributed by atoms with Crippen molar-refractivity contribution < 1.29 is 0 Å². The highest BCUT2D eigenvalue weighted by Crippen LogP contribution is 2.63. The van der Waals surface area contributed by atoms with Crippen molar-refractivity contribution >= 4 is 32.6 Å². The smallest absolute Gasteiger partial charge is 0.0725 e. The molecule has 1 unspecified atom stereocenters. The summed E-state index contributed by atoms with van der Waals surface area (Å²) < 4.78 is 2.44. The third-order valence-corrected chi connectivity index (χ3v) is 15.0. The fraction of sp³-hybridized carbons (Fsp3) is 0.0303. The van der Waals surface area contributed by atoms with E-state index < -0.39 is 5.41 Å². The van der Waals surface area contributed by atoms with Gasteiger partial charge in [-0.2, -0.15) is 0 Å². The SMILES string of the molecule is c1ccc(-c2c(-c3ccc(C(c4ccc5c(c4)C4(c6ccccc6-c6ccccc64)c4ccccc4-5)c4cccc5c4c4ccccc4n5-c4ccccc4)cc3)ccc3ccccc23)cc1. The van der Waals surface area contributed by atoms with Crippen molar-refractivity contribution in [3.05, 3.63) is 294 Å². The highest BCUT2D eigenvalue weighted by atomic mass is 15.0. The van der Waals surface area contributed by atoms with Crippen molar-refractivity contribution in [3.8, 4) is 50.2 Å². The zero-order chi connectivity index (χ0) is 44.1. The highest BCUT2D eigenvalue weighted by Gasteiger charge is 2.51. The molecule has 0 radical (unpaired) electrons. The molecule has 1 atom stereocenters. The van der Waals surface area contributed by atoms with Crippen LogP contribution in [-0.2, 0) is 5.41 Å². The monoisotopic (exact) mass is 849 g/mol. The first-order valence-electron chi connectivity index (χ1n) is 23.5. The summed E-state index contributed by atoms with van der Waals surface area (Å²) in [5.74, 6) is -0.0871. The van der Waals surface area contributed by atoms with Crippen molar-refractivity contribution in [3.63, 3.8) is 0 Å². The van der Waals surface area contributed by atoms with E-state index in [0.717, 1.165) is 5.69 Å². The summed E-state index contributed by atoms with van der Waals surface area (Å²) in [6, 6.07) is 95.3. The lowest BCUT2D eigenvalue weighted by atomic mass is 9.69. The first kappa shape index (κ1) is 37.8. The van der Waals surface area contributed by atoms with Crippen LogP contribution in [0.25, 0.3) is 82.8 Å². The normalized spacial score (nSPS) is 13.4. The second-order valence-corrected chi connectivity index (χ2v) is 18.3. The van der Waals surface area contributed by atoms with Gasteiger partial charge in [-0.05, 0) is 118 Å². The van der Waals surface area contributed by atoms with Crippen LogP contribution in [-0.4, -0.2) is 4.57 Å². The summed E-state index contributed by atoms with van der Waals surface area (Å²) >= 11 is 0. The largest absolute Gasteiger partial charge is 0.309 e. The highest BCUT2D eigenvalue weighted by molar-refractivity contribution is 6.11. The summed E-state index contributed by atoms with van der Waals surface area (Å²) in [5.41, 5.74) is 22.6. The van der Waals surface area contributed by atoms with Gasteiger partial charge in [-0.1, -0.05) is 231 Å². The summed E-state index contributed by atoms with van der Waals surface area (Å²) in [5, 5.41) is 5.05. The number of para-hydroxylation sites is 2. The lowest BCUT2D eigenvalue weighted by Gasteiger charge is -2.31. The Morgan fingerprint density at radius 3 is 1.57 bits per heavy atom. The Bertz CT molecular complexity index is 3850. The first-order valence-corrected chi connectivity index (χ1v) is 23.5. The summed E-state index contributed by atoms with van der Waals surface area (Å²) in [7, 11) is 0. The Labute approximate surface area is 390 Å². The van der Waals surface area contributed by atoms with Crippen LogP contribution in [0.1, 0.15) is 44.9 Å².